The molecule has 0 radical (unpaired) electrons. The summed E-state index contributed by atoms with van der Waals surface area (Å²) in [5.74, 6) is 2.16. The Kier molecular flexibility index (Phi) is 18.1. The lowest BCUT2D eigenvalue weighted by Gasteiger charge is -2.28. The predicted molar refractivity (Wildman–Crippen MR) is 188 cm³/mol. The minimum absolute atomic E-state index is 0.0251. The Morgan fingerprint density at radius 2 is 1.02 bits per heavy atom. The molecule has 12 nitrogen and oxygen atoms in total. The van der Waals surface area contributed by atoms with Gasteiger partial charge in [0.25, 0.3) is 19.4 Å². The molecular formula is C30H59ClN6O6S3. The fourth-order valence-electron chi connectivity index (χ4n) is 5.14. The van der Waals surface area contributed by atoms with E-state index in [4.69, 9.17) is 22.1 Å². The van der Waals surface area contributed by atoms with Crippen LogP contribution in [-0.2, 0) is 34.9 Å². The SMILES string of the molecule is CC(C)(C)c1ccc(S(=O)(=O)NCC2CCC(CN)CC2)cc1.CN(C)S(=O)(=O)Cl.CN(C)S(=O)(=O)NCC1CCC(CN)CC1. The summed E-state index contributed by atoms with van der Waals surface area (Å²) in [6.45, 7) is 8.94. The van der Waals surface area contributed by atoms with Crippen LogP contribution in [-0.4, -0.2) is 88.2 Å². The van der Waals surface area contributed by atoms with Gasteiger partial charge in [0.15, 0.2) is 0 Å². The third-order valence-corrected chi connectivity index (χ3v) is 13.3. The second kappa shape index (κ2) is 19.3. The minimum atomic E-state index is -3.44. The molecular weight excluding hydrogens is 672 g/mol. The van der Waals surface area contributed by atoms with Crippen LogP contribution in [0.3, 0.4) is 0 Å². The number of nitrogens with two attached hydrogens (primary N) is 2. The summed E-state index contributed by atoms with van der Waals surface area (Å²) in [5, 5.41) is 0. The summed E-state index contributed by atoms with van der Waals surface area (Å²) in [6, 6.07) is 7.21. The van der Waals surface area contributed by atoms with Gasteiger partial charge in [-0.1, -0.05) is 32.9 Å². The smallest absolute Gasteiger partial charge is 0.299 e. The minimum Gasteiger partial charge on any atom is -0.330 e. The van der Waals surface area contributed by atoms with Crippen molar-refractivity contribution in [3.63, 3.8) is 0 Å². The van der Waals surface area contributed by atoms with Crippen LogP contribution in [0, 0.1) is 23.7 Å². The van der Waals surface area contributed by atoms with Crippen molar-refractivity contribution in [3.05, 3.63) is 29.8 Å². The Bertz CT molecular complexity index is 1340. The zero-order valence-corrected chi connectivity index (χ0v) is 31.9. The highest BCUT2D eigenvalue weighted by molar-refractivity contribution is 8.11. The highest BCUT2D eigenvalue weighted by Crippen LogP contribution is 2.29. The van der Waals surface area contributed by atoms with E-state index >= 15 is 0 Å². The Morgan fingerprint density at radius 3 is 1.33 bits per heavy atom. The van der Waals surface area contributed by atoms with Crippen molar-refractivity contribution in [2.75, 3.05) is 54.4 Å². The monoisotopic (exact) mass is 730 g/mol. The molecule has 0 bridgehead atoms. The van der Waals surface area contributed by atoms with E-state index < -0.39 is 29.5 Å². The van der Waals surface area contributed by atoms with Crippen molar-refractivity contribution in [2.45, 2.75) is 82.4 Å². The first-order valence-electron chi connectivity index (χ1n) is 15.9. The molecule has 0 spiro atoms. The molecule has 270 valence electrons. The van der Waals surface area contributed by atoms with Crippen LogP contribution in [0.2, 0.25) is 0 Å². The fourth-order valence-corrected chi connectivity index (χ4v) is 6.96. The number of halogens is 1. The van der Waals surface area contributed by atoms with Gasteiger partial charge in [0.1, 0.15) is 0 Å². The molecule has 2 aliphatic carbocycles. The van der Waals surface area contributed by atoms with Crippen LogP contribution in [0.15, 0.2) is 29.2 Å². The standard InChI is InChI=1S/C18H30N2O2S.C10H23N3O2S.C2H6ClNO2S/c1-18(2,3)16-8-10-17(11-9-16)23(21,22)20-13-15-6-4-14(12-19)5-7-15;1-13(2)16(14,15)12-8-10-5-3-9(7-11)4-6-10;1-4(2)7(3,5)6/h8-11,14-15,20H,4-7,12-13,19H2,1-3H3;9-10,12H,3-8,11H2,1-2H3;1-2H3. The zero-order chi connectivity index (χ0) is 35.3. The molecule has 1 aromatic carbocycles. The summed E-state index contributed by atoms with van der Waals surface area (Å²) in [6.07, 6.45) is 8.78. The molecule has 0 aromatic heterocycles. The van der Waals surface area contributed by atoms with E-state index in [0.717, 1.165) is 74.3 Å². The summed E-state index contributed by atoms with van der Waals surface area (Å²) < 4.78 is 75.4. The van der Waals surface area contributed by atoms with Crippen molar-refractivity contribution < 1.29 is 25.3 Å². The molecule has 0 aliphatic heterocycles. The van der Waals surface area contributed by atoms with Gasteiger partial charge in [0.05, 0.1) is 4.90 Å². The molecule has 2 fully saturated rings. The molecule has 0 atom stereocenters. The lowest BCUT2D eigenvalue weighted by molar-refractivity contribution is 0.279. The highest BCUT2D eigenvalue weighted by Gasteiger charge is 2.24. The number of sulfonamides is 1. The third-order valence-electron chi connectivity index (χ3n) is 8.66. The third kappa shape index (κ3) is 16.0. The molecule has 0 unspecified atom stereocenters. The van der Waals surface area contributed by atoms with Crippen molar-refractivity contribution in [3.8, 4) is 0 Å². The van der Waals surface area contributed by atoms with E-state index in [1.165, 1.54) is 32.5 Å². The number of nitrogens with zero attached hydrogens (tertiary/aromatic N) is 2. The molecule has 3 rings (SSSR count). The van der Waals surface area contributed by atoms with E-state index in [2.05, 4.69) is 30.2 Å². The van der Waals surface area contributed by atoms with Crippen molar-refractivity contribution in [2.24, 2.45) is 35.1 Å². The van der Waals surface area contributed by atoms with Crippen LogP contribution >= 0.6 is 10.7 Å². The first kappa shape index (κ1) is 43.1. The number of benzene rings is 1. The molecule has 16 heteroatoms. The van der Waals surface area contributed by atoms with Gasteiger partial charge in [0, 0.05) is 52.0 Å². The molecule has 1 aromatic rings. The first-order chi connectivity index (χ1) is 21.1. The summed E-state index contributed by atoms with van der Waals surface area (Å²) in [4.78, 5) is 0.348. The van der Waals surface area contributed by atoms with Crippen molar-refractivity contribution in [1.82, 2.24) is 18.1 Å². The lowest BCUT2D eigenvalue weighted by atomic mass is 9.82. The van der Waals surface area contributed by atoms with Crippen molar-refractivity contribution >= 4 is 40.2 Å². The summed E-state index contributed by atoms with van der Waals surface area (Å²) in [7, 11) is 0.455. The molecule has 46 heavy (non-hydrogen) atoms. The molecule has 0 heterocycles. The Balaban J connectivity index is 0.000000398. The van der Waals surface area contributed by atoms with Crippen LogP contribution in [0.4, 0.5) is 0 Å². The average Bonchev–Trinajstić information content (AvgIpc) is 2.99. The van der Waals surface area contributed by atoms with E-state index in [1.807, 2.05) is 12.1 Å². The van der Waals surface area contributed by atoms with Gasteiger partial charge in [-0.25, -0.2) is 17.9 Å². The van der Waals surface area contributed by atoms with E-state index in [1.54, 1.807) is 12.1 Å². The Morgan fingerprint density at radius 1 is 0.674 bits per heavy atom. The second-order valence-electron chi connectivity index (χ2n) is 13.7. The maximum Gasteiger partial charge on any atom is 0.299 e. The summed E-state index contributed by atoms with van der Waals surface area (Å²) >= 11 is 0. The zero-order valence-electron chi connectivity index (χ0n) is 28.7. The number of hydrogen-bond acceptors (Lipinski definition) is 8. The molecule has 2 saturated carbocycles. The van der Waals surface area contributed by atoms with Crippen LogP contribution in [0.1, 0.15) is 77.7 Å². The molecule has 6 N–H and O–H groups in total. The summed E-state index contributed by atoms with van der Waals surface area (Å²) in [5.41, 5.74) is 12.5. The lowest BCUT2D eigenvalue weighted by Crippen LogP contribution is -2.39. The van der Waals surface area contributed by atoms with E-state index in [0.29, 0.717) is 41.7 Å². The van der Waals surface area contributed by atoms with Gasteiger partial charge in [0.2, 0.25) is 10.0 Å². The maximum atomic E-state index is 12.4. The molecule has 2 aliphatic rings. The first-order valence-corrected chi connectivity index (χ1v) is 21.1. The Labute approximate surface area is 284 Å². The van der Waals surface area contributed by atoms with Gasteiger partial charge in [-0.3, -0.25) is 0 Å². The van der Waals surface area contributed by atoms with Gasteiger partial charge < -0.3 is 11.5 Å². The Hall–Kier alpha value is -0.880. The maximum absolute atomic E-state index is 12.4. The van der Waals surface area contributed by atoms with Crippen LogP contribution in [0.5, 0.6) is 0 Å². The number of hydrogen-bond donors (Lipinski definition) is 4. The second-order valence-corrected chi connectivity index (χ2v) is 20.2. The largest absolute Gasteiger partial charge is 0.330 e. The number of nitrogens with one attached hydrogen (secondary N) is 2. The van der Waals surface area contributed by atoms with E-state index in [-0.39, 0.29) is 5.41 Å². The van der Waals surface area contributed by atoms with E-state index in [9.17, 15) is 25.3 Å². The average molecular weight is 731 g/mol. The number of rotatable bonds is 11. The topological polar surface area (TPSA) is 185 Å². The van der Waals surface area contributed by atoms with Gasteiger partial charge in [-0.15, -0.1) is 0 Å². The van der Waals surface area contributed by atoms with Crippen molar-refractivity contribution in [1.29, 1.82) is 0 Å². The predicted octanol–water partition coefficient (Wildman–Crippen LogP) is 3.21. The quantitative estimate of drug-likeness (QED) is 0.250. The molecule has 0 amide bonds. The molecule has 0 saturated heterocycles. The van der Waals surface area contributed by atoms with Gasteiger partial charge >= 0.3 is 0 Å². The van der Waals surface area contributed by atoms with Gasteiger partial charge in [-0.2, -0.15) is 25.4 Å². The highest BCUT2D eigenvalue weighted by atomic mass is 35.7. The van der Waals surface area contributed by atoms with Gasteiger partial charge in [-0.05, 0) is 111 Å². The fraction of sp³-hybridized carbons (Fsp3) is 0.800. The van der Waals surface area contributed by atoms with Crippen LogP contribution < -0.4 is 20.9 Å². The van der Waals surface area contributed by atoms with Crippen LogP contribution in [0.25, 0.3) is 0 Å². The normalized spacial score (nSPS) is 22.9.